The van der Waals surface area contributed by atoms with Crippen LogP contribution in [-0.2, 0) is 6.54 Å². The molecule has 1 unspecified atom stereocenters. The van der Waals surface area contributed by atoms with Crippen LogP contribution in [-0.4, -0.2) is 47.5 Å². The van der Waals surface area contributed by atoms with Crippen molar-refractivity contribution in [1.29, 1.82) is 0 Å². The van der Waals surface area contributed by atoms with Crippen LogP contribution in [0.2, 0.25) is 0 Å². The van der Waals surface area contributed by atoms with Crippen LogP contribution in [0.3, 0.4) is 0 Å². The number of nitrogens with zero attached hydrogens (tertiary/aromatic N) is 3. The molecule has 100 valence electrons. The Balaban J connectivity index is 2.09. The Kier molecular flexibility index (Phi) is 4.36. The molecule has 0 spiro atoms. The zero-order valence-corrected chi connectivity index (χ0v) is 12.1. The Labute approximate surface area is 111 Å². The van der Waals surface area contributed by atoms with Crippen molar-refractivity contribution in [2.24, 2.45) is 5.92 Å². The van der Waals surface area contributed by atoms with Gasteiger partial charge in [-0.25, -0.2) is 0 Å². The molecule has 0 amide bonds. The van der Waals surface area contributed by atoms with Crippen molar-refractivity contribution >= 4 is 0 Å². The lowest BCUT2D eigenvalue weighted by molar-refractivity contribution is 0.0569. The molecular formula is C15H25N3. The van der Waals surface area contributed by atoms with Crippen LogP contribution in [0.4, 0.5) is 0 Å². The van der Waals surface area contributed by atoms with E-state index >= 15 is 0 Å². The molecule has 18 heavy (non-hydrogen) atoms. The Bertz CT molecular complexity index is 389. The lowest BCUT2D eigenvalue weighted by Crippen LogP contribution is -2.53. The molecule has 0 saturated carbocycles. The highest BCUT2D eigenvalue weighted by molar-refractivity contribution is 5.18. The number of likely N-dealkylation sites (N-methyl/N-ethyl adjacent to an activating group) is 1. The van der Waals surface area contributed by atoms with Crippen LogP contribution in [0.5, 0.6) is 0 Å². The van der Waals surface area contributed by atoms with E-state index in [2.05, 4.69) is 48.7 Å². The monoisotopic (exact) mass is 247 g/mol. The second kappa shape index (κ2) is 5.81. The van der Waals surface area contributed by atoms with E-state index in [0.29, 0.717) is 12.0 Å². The summed E-state index contributed by atoms with van der Waals surface area (Å²) in [6.07, 6.45) is 1.88. The standard InChI is InChI=1S/C15H25N3/c1-12(2)15-11-17(4)8-9-18(15)10-14-6-5-7-16-13(14)3/h5-7,12,15H,8-11H2,1-4H3. The van der Waals surface area contributed by atoms with Gasteiger partial charge in [0.05, 0.1) is 0 Å². The molecule has 0 aromatic carbocycles. The predicted molar refractivity (Wildman–Crippen MR) is 75.5 cm³/mol. The van der Waals surface area contributed by atoms with Crippen molar-refractivity contribution in [3.63, 3.8) is 0 Å². The zero-order chi connectivity index (χ0) is 13.1. The lowest BCUT2D eigenvalue weighted by Gasteiger charge is -2.42. The van der Waals surface area contributed by atoms with Gasteiger partial charge in [0.15, 0.2) is 0 Å². The normalized spacial score (nSPS) is 22.6. The topological polar surface area (TPSA) is 19.4 Å². The van der Waals surface area contributed by atoms with Crippen LogP contribution in [0, 0.1) is 12.8 Å². The van der Waals surface area contributed by atoms with Gasteiger partial charge in [-0.05, 0) is 31.5 Å². The second-order valence-electron chi connectivity index (χ2n) is 5.79. The molecule has 0 radical (unpaired) electrons. The van der Waals surface area contributed by atoms with Gasteiger partial charge in [0.1, 0.15) is 0 Å². The van der Waals surface area contributed by atoms with Gasteiger partial charge in [-0.15, -0.1) is 0 Å². The number of rotatable bonds is 3. The smallest absolute Gasteiger partial charge is 0.0417 e. The molecule has 1 saturated heterocycles. The summed E-state index contributed by atoms with van der Waals surface area (Å²) in [4.78, 5) is 9.45. The summed E-state index contributed by atoms with van der Waals surface area (Å²) in [5.41, 5.74) is 2.53. The Morgan fingerprint density at radius 3 is 2.83 bits per heavy atom. The molecule has 1 atom stereocenters. The van der Waals surface area contributed by atoms with Crippen molar-refractivity contribution in [2.45, 2.75) is 33.4 Å². The van der Waals surface area contributed by atoms with E-state index in [1.54, 1.807) is 0 Å². The van der Waals surface area contributed by atoms with Crippen LogP contribution in [0.25, 0.3) is 0 Å². The number of pyridine rings is 1. The van der Waals surface area contributed by atoms with Crippen LogP contribution in [0.1, 0.15) is 25.1 Å². The summed E-state index contributed by atoms with van der Waals surface area (Å²) in [5.74, 6) is 0.699. The minimum absolute atomic E-state index is 0.656. The van der Waals surface area contributed by atoms with Gasteiger partial charge in [-0.1, -0.05) is 19.9 Å². The van der Waals surface area contributed by atoms with Gasteiger partial charge in [0.2, 0.25) is 0 Å². The number of hydrogen-bond acceptors (Lipinski definition) is 3. The molecule has 1 aromatic rings. The first kappa shape index (κ1) is 13.5. The fourth-order valence-corrected chi connectivity index (χ4v) is 2.72. The Hall–Kier alpha value is -0.930. The first-order valence-electron chi connectivity index (χ1n) is 6.91. The van der Waals surface area contributed by atoms with Crippen molar-refractivity contribution in [3.8, 4) is 0 Å². The molecule has 2 heterocycles. The van der Waals surface area contributed by atoms with Crippen LogP contribution < -0.4 is 0 Å². The summed E-state index contributed by atoms with van der Waals surface area (Å²) in [7, 11) is 2.22. The predicted octanol–water partition coefficient (Wildman–Crippen LogP) is 2.16. The number of hydrogen-bond donors (Lipinski definition) is 0. The van der Waals surface area contributed by atoms with Crippen LogP contribution in [0.15, 0.2) is 18.3 Å². The SMILES string of the molecule is Cc1ncccc1CN1CCN(C)CC1C(C)C. The maximum absolute atomic E-state index is 4.39. The summed E-state index contributed by atoms with van der Waals surface area (Å²) >= 11 is 0. The molecule has 3 heteroatoms. The van der Waals surface area contributed by atoms with Gasteiger partial charge >= 0.3 is 0 Å². The number of piperazine rings is 1. The third kappa shape index (κ3) is 3.09. The maximum Gasteiger partial charge on any atom is 0.0417 e. The van der Waals surface area contributed by atoms with Crippen molar-refractivity contribution in [3.05, 3.63) is 29.6 Å². The van der Waals surface area contributed by atoms with Gasteiger partial charge in [-0.2, -0.15) is 0 Å². The van der Waals surface area contributed by atoms with E-state index < -0.39 is 0 Å². The first-order valence-corrected chi connectivity index (χ1v) is 6.91. The molecule has 0 N–H and O–H groups in total. The van der Waals surface area contributed by atoms with E-state index in [1.807, 2.05) is 12.3 Å². The van der Waals surface area contributed by atoms with E-state index in [1.165, 1.54) is 24.3 Å². The second-order valence-corrected chi connectivity index (χ2v) is 5.79. The van der Waals surface area contributed by atoms with Gasteiger partial charge < -0.3 is 4.90 Å². The minimum Gasteiger partial charge on any atom is -0.304 e. The molecule has 0 aliphatic carbocycles. The molecule has 2 rings (SSSR count). The first-order chi connectivity index (χ1) is 8.58. The van der Waals surface area contributed by atoms with E-state index in [-0.39, 0.29) is 0 Å². The third-order valence-electron chi connectivity index (χ3n) is 4.00. The van der Waals surface area contributed by atoms with Crippen molar-refractivity contribution in [2.75, 3.05) is 26.7 Å². The quantitative estimate of drug-likeness (QED) is 0.816. The van der Waals surface area contributed by atoms with Crippen molar-refractivity contribution in [1.82, 2.24) is 14.8 Å². The third-order valence-corrected chi connectivity index (χ3v) is 4.00. The Morgan fingerprint density at radius 2 is 2.17 bits per heavy atom. The molecule has 1 fully saturated rings. The Morgan fingerprint density at radius 1 is 1.39 bits per heavy atom. The summed E-state index contributed by atoms with van der Waals surface area (Å²) in [6.45, 7) is 11.3. The minimum atomic E-state index is 0.656. The largest absolute Gasteiger partial charge is 0.304 e. The number of aryl methyl sites for hydroxylation is 1. The molecule has 1 aromatic heterocycles. The highest BCUT2D eigenvalue weighted by Gasteiger charge is 2.27. The van der Waals surface area contributed by atoms with E-state index in [9.17, 15) is 0 Å². The highest BCUT2D eigenvalue weighted by atomic mass is 15.3. The molecule has 3 nitrogen and oxygen atoms in total. The molecule has 1 aliphatic rings. The van der Waals surface area contributed by atoms with Crippen LogP contribution >= 0.6 is 0 Å². The summed E-state index contributed by atoms with van der Waals surface area (Å²) in [6, 6.07) is 4.91. The maximum atomic E-state index is 4.39. The van der Waals surface area contributed by atoms with Gasteiger partial charge in [0.25, 0.3) is 0 Å². The summed E-state index contributed by atoms with van der Waals surface area (Å²) in [5, 5.41) is 0. The molecule has 0 bridgehead atoms. The fraction of sp³-hybridized carbons (Fsp3) is 0.667. The zero-order valence-electron chi connectivity index (χ0n) is 12.1. The molecular weight excluding hydrogens is 222 g/mol. The summed E-state index contributed by atoms with van der Waals surface area (Å²) < 4.78 is 0. The molecule has 1 aliphatic heterocycles. The van der Waals surface area contributed by atoms with Gasteiger partial charge in [-0.3, -0.25) is 9.88 Å². The van der Waals surface area contributed by atoms with Gasteiger partial charge in [0, 0.05) is 44.1 Å². The highest BCUT2D eigenvalue weighted by Crippen LogP contribution is 2.19. The average Bonchev–Trinajstić information content (AvgIpc) is 2.34. The van der Waals surface area contributed by atoms with E-state index in [4.69, 9.17) is 0 Å². The number of aromatic nitrogens is 1. The van der Waals surface area contributed by atoms with Crippen molar-refractivity contribution < 1.29 is 0 Å². The average molecular weight is 247 g/mol. The van der Waals surface area contributed by atoms with E-state index in [0.717, 1.165) is 13.1 Å². The fourth-order valence-electron chi connectivity index (χ4n) is 2.72. The lowest BCUT2D eigenvalue weighted by atomic mass is 9.99.